The van der Waals surface area contributed by atoms with Crippen LogP contribution in [-0.4, -0.2) is 17.6 Å². The minimum atomic E-state index is 0.738. The maximum absolute atomic E-state index is 5.79. The van der Waals surface area contributed by atoms with Gasteiger partial charge in [-0.2, -0.15) is 0 Å². The normalized spacial score (nSPS) is 14.8. The van der Waals surface area contributed by atoms with Gasteiger partial charge in [0.05, 0.1) is 6.20 Å². The van der Waals surface area contributed by atoms with E-state index in [2.05, 4.69) is 51.4 Å². The lowest BCUT2D eigenvalue weighted by atomic mass is 10.1. The van der Waals surface area contributed by atoms with Gasteiger partial charge >= 0.3 is 0 Å². The van der Waals surface area contributed by atoms with Crippen LogP contribution in [0.3, 0.4) is 0 Å². The molecule has 1 aliphatic carbocycles. The number of nitrogens with one attached hydrogen (secondary N) is 1. The number of halogens is 1. The molecule has 4 heteroatoms. The summed E-state index contributed by atoms with van der Waals surface area (Å²) < 4.78 is 6.89. The fourth-order valence-corrected chi connectivity index (χ4v) is 2.35. The van der Waals surface area contributed by atoms with Crippen molar-refractivity contribution in [2.24, 2.45) is 0 Å². The molecule has 100 valence electrons. The van der Waals surface area contributed by atoms with Gasteiger partial charge in [-0.3, -0.25) is 0 Å². The van der Waals surface area contributed by atoms with Gasteiger partial charge in [-0.25, -0.2) is 4.98 Å². The molecular formula is C15H17BrN2O. The number of aryl methyl sites for hydroxylation is 1. The predicted octanol–water partition coefficient (Wildman–Crippen LogP) is 3.71. The van der Waals surface area contributed by atoms with Gasteiger partial charge < -0.3 is 9.73 Å². The molecule has 0 spiro atoms. The maximum Gasteiger partial charge on any atom is 0.196 e. The Bertz CT molecular complexity index is 575. The average Bonchev–Trinajstić information content (AvgIpc) is 3.10. The Morgan fingerprint density at radius 3 is 3.00 bits per heavy atom. The summed E-state index contributed by atoms with van der Waals surface area (Å²) in [6.07, 6.45) is 5.29. The second-order valence-corrected chi connectivity index (χ2v) is 5.91. The monoisotopic (exact) mass is 320 g/mol. The molecule has 1 saturated carbocycles. The van der Waals surface area contributed by atoms with Crippen LogP contribution in [0.5, 0.6) is 0 Å². The van der Waals surface area contributed by atoms with Gasteiger partial charge in [0, 0.05) is 29.0 Å². The molecule has 0 radical (unpaired) electrons. The lowest BCUT2D eigenvalue weighted by molar-refractivity contribution is 0.494. The highest BCUT2D eigenvalue weighted by atomic mass is 79.9. The molecule has 1 aromatic heterocycles. The van der Waals surface area contributed by atoms with Crippen LogP contribution in [0.25, 0.3) is 11.3 Å². The van der Waals surface area contributed by atoms with E-state index in [1.165, 1.54) is 18.4 Å². The first-order valence-corrected chi connectivity index (χ1v) is 7.46. The van der Waals surface area contributed by atoms with Gasteiger partial charge in [-0.1, -0.05) is 28.1 Å². The highest BCUT2D eigenvalue weighted by Gasteiger charge is 2.20. The SMILES string of the molecule is Cc1ccc(-c2cnc(CCNC3CC3)o2)cc1Br. The number of rotatable bonds is 5. The molecule has 0 amide bonds. The van der Waals surface area contributed by atoms with Gasteiger partial charge in [0.2, 0.25) is 0 Å². The molecule has 3 rings (SSSR count). The molecule has 1 fully saturated rings. The number of hydrogen-bond acceptors (Lipinski definition) is 3. The summed E-state index contributed by atoms with van der Waals surface area (Å²) in [5, 5.41) is 3.46. The summed E-state index contributed by atoms with van der Waals surface area (Å²) in [7, 11) is 0. The molecule has 0 unspecified atom stereocenters. The Labute approximate surface area is 121 Å². The zero-order valence-electron chi connectivity index (χ0n) is 10.9. The molecule has 1 N–H and O–H groups in total. The van der Waals surface area contributed by atoms with Crippen LogP contribution in [0.2, 0.25) is 0 Å². The van der Waals surface area contributed by atoms with Crippen LogP contribution >= 0.6 is 15.9 Å². The van der Waals surface area contributed by atoms with E-state index in [-0.39, 0.29) is 0 Å². The van der Waals surface area contributed by atoms with Gasteiger partial charge in [-0.05, 0) is 31.4 Å². The van der Waals surface area contributed by atoms with Crippen LogP contribution < -0.4 is 5.32 Å². The number of nitrogens with zero attached hydrogens (tertiary/aromatic N) is 1. The molecule has 0 aliphatic heterocycles. The van der Waals surface area contributed by atoms with Crippen molar-refractivity contribution in [3.8, 4) is 11.3 Å². The molecule has 2 aromatic rings. The van der Waals surface area contributed by atoms with Crippen molar-refractivity contribution in [3.63, 3.8) is 0 Å². The molecule has 1 aliphatic rings. The van der Waals surface area contributed by atoms with E-state index in [1.807, 2.05) is 6.20 Å². The van der Waals surface area contributed by atoms with E-state index in [0.29, 0.717) is 0 Å². The number of hydrogen-bond donors (Lipinski definition) is 1. The molecule has 0 atom stereocenters. The molecule has 0 saturated heterocycles. The summed E-state index contributed by atoms with van der Waals surface area (Å²) in [5.74, 6) is 1.64. The Balaban J connectivity index is 1.67. The first-order chi connectivity index (χ1) is 9.22. The third-order valence-electron chi connectivity index (χ3n) is 3.36. The van der Waals surface area contributed by atoms with Crippen LogP contribution in [0, 0.1) is 6.92 Å². The third kappa shape index (κ3) is 3.25. The first kappa shape index (κ1) is 12.9. The molecule has 19 heavy (non-hydrogen) atoms. The zero-order chi connectivity index (χ0) is 13.2. The largest absolute Gasteiger partial charge is 0.441 e. The highest BCUT2D eigenvalue weighted by molar-refractivity contribution is 9.10. The smallest absolute Gasteiger partial charge is 0.196 e. The molecular weight excluding hydrogens is 304 g/mol. The number of benzene rings is 1. The summed E-state index contributed by atoms with van der Waals surface area (Å²) >= 11 is 3.54. The van der Waals surface area contributed by atoms with Gasteiger partial charge in [0.1, 0.15) is 0 Å². The van der Waals surface area contributed by atoms with Gasteiger partial charge in [0.25, 0.3) is 0 Å². The predicted molar refractivity (Wildman–Crippen MR) is 79.1 cm³/mol. The fraction of sp³-hybridized carbons (Fsp3) is 0.400. The van der Waals surface area contributed by atoms with E-state index in [0.717, 1.165) is 40.7 Å². The molecule has 0 bridgehead atoms. The zero-order valence-corrected chi connectivity index (χ0v) is 12.5. The summed E-state index contributed by atoms with van der Waals surface area (Å²) in [4.78, 5) is 4.34. The van der Waals surface area contributed by atoms with Crippen molar-refractivity contribution in [1.82, 2.24) is 10.3 Å². The van der Waals surface area contributed by atoms with Gasteiger partial charge in [-0.15, -0.1) is 0 Å². The lowest BCUT2D eigenvalue weighted by Gasteiger charge is -2.01. The van der Waals surface area contributed by atoms with Crippen LogP contribution in [-0.2, 0) is 6.42 Å². The second kappa shape index (κ2) is 5.47. The quantitative estimate of drug-likeness (QED) is 0.912. The lowest BCUT2D eigenvalue weighted by Crippen LogP contribution is -2.19. The topological polar surface area (TPSA) is 38.1 Å². The van der Waals surface area contributed by atoms with Crippen molar-refractivity contribution in [1.29, 1.82) is 0 Å². The van der Waals surface area contributed by atoms with Crippen molar-refractivity contribution in [2.45, 2.75) is 32.2 Å². The standard InChI is InChI=1S/C15H17BrN2O/c1-10-2-3-11(8-13(10)16)14-9-18-15(19-14)6-7-17-12-4-5-12/h2-3,8-9,12,17H,4-7H2,1H3. The fourth-order valence-electron chi connectivity index (χ4n) is 1.98. The van der Waals surface area contributed by atoms with Crippen LogP contribution in [0.15, 0.2) is 33.3 Å². The third-order valence-corrected chi connectivity index (χ3v) is 4.21. The van der Waals surface area contributed by atoms with Crippen LogP contribution in [0.4, 0.5) is 0 Å². The molecule has 1 aromatic carbocycles. The Morgan fingerprint density at radius 1 is 1.42 bits per heavy atom. The van der Waals surface area contributed by atoms with Crippen molar-refractivity contribution in [3.05, 3.63) is 40.3 Å². The second-order valence-electron chi connectivity index (χ2n) is 5.06. The summed E-state index contributed by atoms with van der Waals surface area (Å²) in [6.45, 7) is 3.02. The number of oxazole rings is 1. The Morgan fingerprint density at radius 2 is 2.26 bits per heavy atom. The van der Waals surface area contributed by atoms with Crippen LogP contribution in [0.1, 0.15) is 24.3 Å². The van der Waals surface area contributed by atoms with Crippen molar-refractivity contribution >= 4 is 15.9 Å². The number of aromatic nitrogens is 1. The van der Waals surface area contributed by atoms with Crippen molar-refractivity contribution < 1.29 is 4.42 Å². The highest BCUT2D eigenvalue weighted by Crippen LogP contribution is 2.26. The molecule has 3 nitrogen and oxygen atoms in total. The van der Waals surface area contributed by atoms with Crippen molar-refractivity contribution in [2.75, 3.05) is 6.54 Å². The van der Waals surface area contributed by atoms with Gasteiger partial charge in [0.15, 0.2) is 11.7 Å². The Hall–Kier alpha value is -1.13. The Kier molecular flexibility index (Phi) is 3.71. The minimum absolute atomic E-state index is 0.738. The first-order valence-electron chi connectivity index (χ1n) is 6.67. The summed E-state index contributed by atoms with van der Waals surface area (Å²) in [6, 6.07) is 6.95. The average molecular weight is 321 g/mol. The molecule has 1 heterocycles. The maximum atomic E-state index is 5.79. The minimum Gasteiger partial charge on any atom is -0.441 e. The van der Waals surface area contributed by atoms with E-state index in [9.17, 15) is 0 Å². The van der Waals surface area contributed by atoms with E-state index >= 15 is 0 Å². The van der Waals surface area contributed by atoms with E-state index in [4.69, 9.17) is 4.42 Å². The summed E-state index contributed by atoms with van der Waals surface area (Å²) in [5.41, 5.74) is 2.28. The van der Waals surface area contributed by atoms with E-state index < -0.39 is 0 Å². The van der Waals surface area contributed by atoms with E-state index in [1.54, 1.807) is 0 Å².